The Morgan fingerprint density at radius 2 is 2.00 bits per heavy atom. The third-order valence-corrected chi connectivity index (χ3v) is 2.41. The van der Waals surface area contributed by atoms with Gasteiger partial charge in [0.2, 0.25) is 0 Å². The fourth-order valence-electron chi connectivity index (χ4n) is 1.32. The van der Waals surface area contributed by atoms with Crippen LogP contribution in [-0.2, 0) is 9.53 Å². The van der Waals surface area contributed by atoms with E-state index in [0.717, 1.165) is 5.69 Å². The normalized spacial score (nSPS) is 11.4. The van der Waals surface area contributed by atoms with Gasteiger partial charge < -0.3 is 15.2 Å². The molecule has 0 aliphatic carbocycles. The van der Waals surface area contributed by atoms with Crippen LogP contribution in [0.2, 0.25) is 0 Å². The van der Waals surface area contributed by atoms with Crippen molar-refractivity contribution in [1.29, 1.82) is 0 Å². The molecule has 1 aromatic rings. The molecule has 1 rings (SSSR count). The summed E-state index contributed by atoms with van der Waals surface area (Å²) in [5.74, 6) is -0.798. The van der Waals surface area contributed by atoms with Gasteiger partial charge in [-0.25, -0.2) is 4.79 Å². The van der Waals surface area contributed by atoms with Gasteiger partial charge in [0.15, 0.2) is 0 Å². The third-order valence-electron chi connectivity index (χ3n) is 2.10. The topological polar surface area (TPSA) is 58.6 Å². The summed E-state index contributed by atoms with van der Waals surface area (Å²) in [5.41, 5.74) is 0.723. The fraction of sp³-hybridized carbons (Fsp3) is 0.231. The molecule has 96 valence electrons. The first-order valence-electron chi connectivity index (χ1n) is 5.49. The first-order valence-corrected chi connectivity index (χ1v) is 5.90. The number of benzene rings is 1. The van der Waals surface area contributed by atoms with E-state index >= 15 is 0 Å². The Morgan fingerprint density at radius 3 is 2.50 bits per heavy atom. The molecule has 0 aliphatic heterocycles. The van der Waals surface area contributed by atoms with E-state index in [2.05, 4.69) is 5.32 Å². The van der Waals surface area contributed by atoms with Crippen LogP contribution in [0.15, 0.2) is 41.7 Å². The van der Waals surface area contributed by atoms with Gasteiger partial charge in [-0.05, 0) is 26.0 Å². The highest BCUT2D eigenvalue weighted by atomic mass is 32.1. The van der Waals surface area contributed by atoms with Gasteiger partial charge >= 0.3 is 5.97 Å². The average molecular weight is 265 g/mol. The zero-order valence-electron chi connectivity index (χ0n) is 10.3. The lowest BCUT2D eigenvalue weighted by molar-refractivity contribution is -0.138. The number of para-hydroxylation sites is 1. The number of allylic oxidation sites excluding steroid dienone is 1. The van der Waals surface area contributed by atoms with Crippen molar-refractivity contribution in [3.8, 4) is 0 Å². The van der Waals surface area contributed by atoms with Gasteiger partial charge in [-0.2, -0.15) is 0 Å². The highest BCUT2D eigenvalue weighted by Gasteiger charge is 2.19. The molecule has 0 unspecified atom stereocenters. The number of aliphatic hydroxyl groups excluding tert-OH is 1. The fourth-order valence-corrected chi connectivity index (χ4v) is 1.67. The number of anilines is 1. The molecule has 0 bridgehead atoms. The monoisotopic (exact) mass is 265 g/mol. The predicted molar refractivity (Wildman–Crippen MR) is 74.6 cm³/mol. The van der Waals surface area contributed by atoms with Crippen LogP contribution < -0.4 is 5.32 Å². The van der Waals surface area contributed by atoms with E-state index in [0.29, 0.717) is 0 Å². The molecule has 18 heavy (non-hydrogen) atoms. The molecule has 0 atom stereocenters. The minimum atomic E-state index is -0.633. The molecule has 0 aliphatic rings. The highest BCUT2D eigenvalue weighted by molar-refractivity contribution is 7.81. The molecule has 0 radical (unpaired) electrons. The van der Waals surface area contributed by atoms with Crippen molar-refractivity contribution < 1.29 is 14.6 Å². The Kier molecular flexibility index (Phi) is 5.32. The number of carbonyl (C=O) groups excluding carboxylic acids is 1. The number of thiocarbonyl (C=S) groups is 1. The molecule has 0 fully saturated rings. The van der Waals surface area contributed by atoms with Crippen LogP contribution in [0.5, 0.6) is 0 Å². The zero-order chi connectivity index (χ0) is 13.5. The van der Waals surface area contributed by atoms with Crippen molar-refractivity contribution >= 4 is 28.9 Å². The lowest BCUT2D eigenvalue weighted by Gasteiger charge is -2.11. The smallest absolute Gasteiger partial charge is 0.344 e. The molecule has 2 N–H and O–H groups in total. The highest BCUT2D eigenvalue weighted by Crippen LogP contribution is 2.12. The summed E-state index contributed by atoms with van der Waals surface area (Å²) in [7, 11) is 0. The summed E-state index contributed by atoms with van der Waals surface area (Å²) in [6, 6.07) is 9.16. The van der Waals surface area contributed by atoms with Gasteiger partial charge in [0.25, 0.3) is 0 Å². The number of hydrogen-bond acceptors (Lipinski definition) is 4. The van der Waals surface area contributed by atoms with E-state index in [-0.39, 0.29) is 22.9 Å². The van der Waals surface area contributed by atoms with Gasteiger partial charge in [0, 0.05) is 5.69 Å². The summed E-state index contributed by atoms with van der Waals surface area (Å²) < 4.78 is 4.84. The van der Waals surface area contributed by atoms with Gasteiger partial charge in [-0.1, -0.05) is 30.4 Å². The zero-order valence-corrected chi connectivity index (χ0v) is 11.1. The number of nitrogens with one attached hydrogen (secondary N) is 1. The molecule has 0 saturated heterocycles. The van der Waals surface area contributed by atoms with Crippen LogP contribution in [0.3, 0.4) is 0 Å². The first-order chi connectivity index (χ1) is 8.56. The second-order valence-electron chi connectivity index (χ2n) is 3.50. The Hall–Kier alpha value is -1.88. The van der Waals surface area contributed by atoms with Crippen LogP contribution in [0, 0.1) is 0 Å². The lowest BCUT2D eigenvalue weighted by Crippen LogP contribution is -2.22. The molecule has 0 amide bonds. The van der Waals surface area contributed by atoms with Gasteiger partial charge in [-0.3, -0.25) is 0 Å². The maximum atomic E-state index is 11.6. The quantitative estimate of drug-likeness (QED) is 0.379. The van der Waals surface area contributed by atoms with Gasteiger partial charge in [-0.15, -0.1) is 0 Å². The molecular weight excluding hydrogens is 250 g/mol. The van der Waals surface area contributed by atoms with Crippen molar-refractivity contribution in [2.75, 3.05) is 11.9 Å². The number of rotatable bonds is 4. The number of aliphatic hydroxyl groups is 1. The van der Waals surface area contributed by atoms with Crippen LogP contribution >= 0.6 is 12.2 Å². The standard InChI is InChI=1S/C13H15NO3S/c1-3-17-13(16)11(9(2)15)12(18)14-10-7-5-4-6-8-10/h4-8,15H,3H2,1-2H3,(H,14,18)/b11-9+. The lowest BCUT2D eigenvalue weighted by atomic mass is 10.2. The van der Waals surface area contributed by atoms with Gasteiger partial charge in [0.05, 0.1) is 6.61 Å². The van der Waals surface area contributed by atoms with E-state index in [4.69, 9.17) is 17.0 Å². The van der Waals surface area contributed by atoms with Crippen LogP contribution in [-0.4, -0.2) is 22.7 Å². The molecule has 5 heteroatoms. The molecule has 0 aromatic heterocycles. The molecule has 0 saturated carbocycles. The second kappa shape index (κ2) is 6.76. The van der Waals surface area contributed by atoms with Crippen LogP contribution in [0.25, 0.3) is 0 Å². The molecule has 0 spiro atoms. The summed E-state index contributed by atoms with van der Waals surface area (Å²) >= 11 is 5.09. The maximum Gasteiger partial charge on any atom is 0.344 e. The summed E-state index contributed by atoms with van der Waals surface area (Å²) in [5, 5.41) is 12.4. The molecule has 0 heterocycles. The van der Waals surface area contributed by atoms with Crippen molar-refractivity contribution in [2.45, 2.75) is 13.8 Å². The summed E-state index contributed by atoms with van der Waals surface area (Å²) in [4.78, 5) is 11.8. The Balaban J connectivity index is 2.86. The van der Waals surface area contributed by atoms with Crippen molar-refractivity contribution in [2.24, 2.45) is 0 Å². The average Bonchev–Trinajstić information content (AvgIpc) is 2.30. The van der Waals surface area contributed by atoms with Crippen LogP contribution in [0.4, 0.5) is 5.69 Å². The minimum absolute atomic E-state index is 0.0179. The third kappa shape index (κ3) is 3.85. The first kappa shape index (κ1) is 14.2. The molecule has 4 nitrogen and oxygen atoms in total. The molecule has 1 aromatic carbocycles. The number of esters is 1. The largest absolute Gasteiger partial charge is 0.512 e. The maximum absolute atomic E-state index is 11.6. The minimum Gasteiger partial charge on any atom is -0.512 e. The van der Waals surface area contributed by atoms with Crippen molar-refractivity contribution in [3.05, 3.63) is 41.7 Å². The predicted octanol–water partition coefficient (Wildman–Crippen LogP) is 2.82. The Morgan fingerprint density at radius 1 is 1.39 bits per heavy atom. The second-order valence-corrected chi connectivity index (χ2v) is 3.91. The SMILES string of the molecule is CCOC(=O)/C(C(=S)Nc1ccccc1)=C(\C)O. The summed E-state index contributed by atoms with van der Waals surface area (Å²) in [6.45, 7) is 3.31. The van der Waals surface area contributed by atoms with E-state index in [1.54, 1.807) is 6.92 Å². The number of ether oxygens (including phenoxy) is 1. The summed E-state index contributed by atoms with van der Waals surface area (Å²) in [6.07, 6.45) is 0. The van der Waals surface area contributed by atoms with Gasteiger partial charge in [0.1, 0.15) is 16.3 Å². The Bertz CT molecular complexity index is 464. The molecular formula is C13H15NO3S. The van der Waals surface area contributed by atoms with Crippen molar-refractivity contribution in [3.63, 3.8) is 0 Å². The Labute approximate surface area is 111 Å². The van der Waals surface area contributed by atoms with Crippen molar-refractivity contribution in [1.82, 2.24) is 0 Å². The van der Waals surface area contributed by atoms with E-state index in [1.807, 2.05) is 30.3 Å². The van der Waals surface area contributed by atoms with Crippen LogP contribution in [0.1, 0.15) is 13.8 Å². The van der Waals surface area contributed by atoms with E-state index < -0.39 is 5.97 Å². The van der Waals surface area contributed by atoms with E-state index in [9.17, 15) is 9.90 Å². The van der Waals surface area contributed by atoms with E-state index in [1.165, 1.54) is 6.92 Å². The number of carbonyl (C=O) groups is 1. The number of hydrogen-bond donors (Lipinski definition) is 2.